The summed E-state index contributed by atoms with van der Waals surface area (Å²) in [5.74, 6) is 1.12. The van der Waals surface area contributed by atoms with Gasteiger partial charge in [0.05, 0.1) is 0 Å². The molecule has 5 aromatic carbocycles. The minimum atomic E-state index is -2.66. The Morgan fingerprint density at radius 2 is 0.789 bits per heavy atom. The van der Waals surface area contributed by atoms with Crippen LogP contribution in [0.4, 0.5) is 0 Å². The zero-order valence-corrected chi connectivity index (χ0v) is 22.3. The van der Waals surface area contributed by atoms with Gasteiger partial charge >= 0.3 is 0 Å². The van der Waals surface area contributed by atoms with Crippen LogP contribution in [0.3, 0.4) is 0 Å². The van der Waals surface area contributed by atoms with Gasteiger partial charge in [-0.15, -0.1) is 0 Å². The Kier molecular flexibility index (Phi) is 6.65. The van der Waals surface area contributed by atoms with Gasteiger partial charge in [-0.3, -0.25) is 0 Å². The molecule has 0 spiro atoms. The summed E-state index contributed by atoms with van der Waals surface area (Å²) in [5.41, 5.74) is 1.81. The van der Waals surface area contributed by atoms with E-state index in [1.54, 1.807) is 0 Å². The highest BCUT2D eigenvalue weighted by Crippen LogP contribution is 2.22. The molecule has 6 aromatic rings. The molecule has 1 heterocycles. The summed E-state index contributed by atoms with van der Waals surface area (Å²) in [4.78, 5) is 13.7. The van der Waals surface area contributed by atoms with Crippen molar-refractivity contribution in [1.29, 1.82) is 0 Å². The molecule has 0 unspecified atom stereocenters. The predicted molar refractivity (Wildman–Crippen MR) is 159 cm³/mol. The van der Waals surface area contributed by atoms with Gasteiger partial charge in [0.2, 0.25) is 5.28 Å². The van der Waals surface area contributed by atoms with Gasteiger partial charge in [-0.25, -0.2) is 4.98 Å². The smallest absolute Gasteiger partial charge is 0.208 e. The lowest BCUT2D eigenvalue weighted by Crippen LogP contribution is -2.74. The van der Waals surface area contributed by atoms with Gasteiger partial charge in [0.15, 0.2) is 19.7 Å². The number of rotatable bonds is 6. The maximum atomic E-state index is 6.41. The van der Waals surface area contributed by atoms with E-state index in [0.29, 0.717) is 11.6 Å². The number of nitrogens with zero attached hydrogens (tertiary/aromatic N) is 3. The van der Waals surface area contributed by atoms with Gasteiger partial charge in [-0.05, 0) is 32.3 Å². The third-order valence-electron chi connectivity index (χ3n) is 6.81. The van der Waals surface area contributed by atoms with Crippen LogP contribution in [0.1, 0.15) is 0 Å². The van der Waals surface area contributed by atoms with E-state index < -0.39 is 8.07 Å². The second-order valence-corrected chi connectivity index (χ2v) is 13.2. The maximum Gasteiger partial charge on any atom is 0.226 e. The molecule has 0 aliphatic heterocycles. The van der Waals surface area contributed by atoms with Crippen LogP contribution in [0, 0.1) is 0 Å². The largest absolute Gasteiger partial charge is 0.226 e. The molecule has 3 nitrogen and oxygen atoms in total. The third-order valence-corrected chi connectivity index (χ3v) is 11.8. The van der Waals surface area contributed by atoms with E-state index in [2.05, 4.69) is 119 Å². The lowest BCUT2D eigenvalue weighted by molar-refractivity contribution is 1.07. The first kappa shape index (κ1) is 24.0. The van der Waals surface area contributed by atoms with Crippen LogP contribution in [-0.2, 0) is 0 Å². The molecule has 0 atom stereocenters. The van der Waals surface area contributed by atoms with E-state index in [4.69, 9.17) is 16.6 Å². The van der Waals surface area contributed by atoms with Crippen molar-refractivity contribution in [3.8, 4) is 22.8 Å². The van der Waals surface area contributed by atoms with Crippen LogP contribution in [0.15, 0.2) is 146 Å². The molecule has 0 amide bonds. The molecule has 0 aliphatic carbocycles. The molecule has 182 valence electrons. The fraction of sp³-hybridized carbons (Fsp3) is 0. The molecule has 0 saturated carbocycles. The molecule has 6 rings (SSSR count). The molecular formula is C33H24ClN3Si. The van der Waals surface area contributed by atoms with Crippen LogP contribution in [0.5, 0.6) is 0 Å². The number of aromatic nitrogens is 3. The average molecular weight is 526 g/mol. The van der Waals surface area contributed by atoms with Gasteiger partial charge < -0.3 is 0 Å². The summed E-state index contributed by atoms with van der Waals surface area (Å²) in [6.07, 6.45) is 0. The van der Waals surface area contributed by atoms with Crippen molar-refractivity contribution in [3.63, 3.8) is 0 Å². The first-order chi connectivity index (χ1) is 18.7. The number of hydrogen-bond donors (Lipinski definition) is 0. The van der Waals surface area contributed by atoms with E-state index in [1.165, 1.54) is 20.7 Å². The van der Waals surface area contributed by atoms with Gasteiger partial charge in [-0.1, -0.05) is 146 Å². The maximum absolute atomic E-state index is 6.41. The van der Waals surface area contributed by atoms with Crippen LogP contribution >= 0.6 is 11.6 Å². The lowest BCUT2D eigenvalue weighted by atomic mass is 10.2. The van der Waals surface area contributed by atoms with Crippen LogP contribution < -0.4 is 20.7 Å². The summed E-state index contributed by atoms with van der Waals surface area (Å²) in [6, 6.07) is 51.0. The van der Waals surface area contributed by atoms with E-state index in [-0.39, 0.29) is 5.28 Å². The normalized spacial score (nSPS) is 11.3. The summed E-state index contributed by atoms with van der Waals surface area (Å²) < 4.78 is 0. The minimum absolute atomic E-state index is 0.178. The quantitative estimate of drug-likeness (QED) is 0.220. The summed E-state index contributed by atoms with van der Waals surface area (Å²) in [7, 11) is -2.66. The zero-order chi connectivity index (χ0) is 25.8. The Balaban J connectivity index is 1.60. The van der Waals surface area contributed by atoms with Gasteiger partial charge in [-0.2, -0.15) is 9.97 Å². The Bertz CT molecular complexity index is 1560. The fourth-order valence-corrected chi connectivity index (χ4v) is 10.1. The molecule has 0 saturated heterocycles. The zero-order valence-electron chi connectivity index (χ0n) is 20.6. The van der Waals surface area contributed by atoms with E-state index in [9.17, 15) is 0 Å². The molecule has 38 heavy (non-hydrogen) atoms. The van der Waals surface area contributed by atoms with Crippen molar-refractivity contribution in [1.82, 2.24) is 15.0 Å². The highest BCUT2D eigenvalue weighted by atomic mass is 35.5. The van der Waals surface area contributed by atoms with E-state index in [0.717, 1.165) is 11.1 Å². The van der Waals surface area contributed by atoms with E-state index in [1.807, 2.05) is 36.4 Å². The topological polar surface area (TPSA) is 38.7 Å². The van der Waals surface area contributed by atoms with Crippen LogP contribution in [0.2, 0.25) is 5.28 Å². The summed E-state index contributed by atoms with van der Waals surface area (Å²) >= 11 is 6.41. The molecule has 5 heteroatoms. The number of benzene rings is 5. The Morgan fingerprint density at radius 1 is 0.395 bits per heavy atom. The van der Waals surface area contributed by atoms with E-state index >= 15 is 0 Å². The molecule has 0 aliphatic rings. The second kappa shape index (κ2) is 10.5. The van der Waals surface area contributed by atoms with Crippen molar-refractivity contribution < 1.29 is 0 Å². The lowest BCUT2D eigenvalue weighted by Gasteiger charge is -2.34. The molecule has 0 fully saturated rings. The van der Waals surface area contributed by atoms with Gasteiger partial charge in [0, 0.05) is 11.1 Å². The summed E-state index contributed by atoms with van der Waals surface area (Å²) in [6.45, 7) is 0. The first-order valence-electron chi connectivity index (χ1n) is 12.5. The highest BCUT2D eigenvalue weighted by Gasteiger charge is 2.41. The molecule has 1 aromatic heterocycles. The SMILES string of the molecule is Clc1nc(-c2ccccc2)nc(-c2cccc([Si](c3ccccc3)(c3ccccc3)c3ccccc3)c2)n1. The van der Waals surface area contributed by atoms with Crippen molar-refractivity contribution in [2.24, 2.45) is 0 Å². The van der Waals surface area contributed by atoms with Crippen molar-refractivity contribution in [2.75, 3.05) is 0 Å². The Morgan fingerprint density at radius 3 is 1.29 bits per heavy atom. The monoisotopic (exact) mass is 525 g/mol. The predicted octanol–water partition coefficient (Wildman–Crippen LogP) is 5.24. The summed E-state index contributed by atoms with van der Waals surface area (Å²) in [5, 5.41) is 5.36. The first-order valence-corrected chi connectivity index (χ1v) is 14.9. The fourth-order valence-electron chi connectivity index (χ4n) is 5.15. The minimum Gasteiger partial charge on any atom is -0.208 e. The van der Waals surface area contributed by atoms with Crippen molar-refractivity contribution in [2.45, 2.75) is 0 Å². The second-order valence-electron chi connectivity index (χ2n) is 9.05. The standard InChI is InChI=1S/C33H24ClN3Si/c34-33-36-31(25-14-5-1-6-15-25)35-32(37-33)26-16-13-23-30(24-26)38(27-17-7-2-8-18-27,28-19-9-3-10-20-28)29-21-11-4-12-22-29/h1-24H. The van der Waals surface area contributed by atoms with Crippen LogP contribution in [0.25, 0.3) is 22.8 Å². The molecular weight excluding hydrogens is 502 g/mol. The third kappa shape index (κ3) is 4.45. The Hall–Kier alpha value is -4.38. The van der Waals surface area contributed by atoms with Gasteiger partial charge in [0.25, 0.3) is 0 Å². The average Bonchev–Trinajstić information content (AvgIpc) is 3.00. The van der Waals surface area contributed by atoms with Gasteiger partial charge in [0.1, 0.15) is 0 Å². The number of halogens is 1. The molecule has 0 bridgehead atoms. The molecule has 0 N–H and O–H groups in total. The Labute approximate surface area is 228 Å². The highest BCUT2D eigenvalue weighted by molar-refractivity contribution is 7.19. The molecule has 0 radical (unpaired) electrons. The van der Waals surface area contributed by atoms with Crippen molar-refractivity contribution in [3.05, 3.63) is 151 Å². The number of hydrogen-bond acceptors (Lipinski definition) is 3. The van der Waals surface area contributed by atoms with Crippen molar-refractivity contribution >= 4 is 40.4 Å². The van der Waals surface area contributed by atoms with Crippen LogP contribution in [-0.4, -0.2) is 23.0 Å².